The molecule has 0 spiro atoms. The van der Waals surface area contributed by atoms with Crippen LogP contribution in [0.25, 0.3) is 0 Å². The van der Waals surface area contributed by atoms with Crippen molar-refractivity contribution in [2.45, 2.75) is 25.7 Å². The number of rotatable bonds is 1. The van der Waals surface area contributed by atoms with E-state index in [9.17, 15) is 4.79 Å². The first-order valence-electron chi connectivity index (χ1n) is 4.00. The number of ether oxygens (including phenoxy) is 1. The molecule has 0 N–H and O–H groups in total. The molecule has 1 rings (SSSR count). The zero-order chi connectivity index (χ0) is 10.0. The molecule has 70 valence electrons. The standard InChI is InChI=1S/C10H12O2S/c1-6-4-5-9(13)7(2)10(6)12-8(3)11/h4-5,13H,1-3H3. The van der Waals surface area contributed by atoms with Crippen molar-refractivity contribution >= 4 is 18.6 Å². The van der Waals surface area contributed by atoms with Crippen molar-refractivity contribution in [3.05, 3.63) is 23.3 Å². The Labute approximate surface area is 83.3 Å². The minimum Gasteiger partial charge on any atom is -0.426 e. The fourth-order valence-electron chi connectivity index (χ4n) is 1.12. The lowest BCUT2D eigenvalue weighted by atomic mass is 10.1. The zero-order valence-corrected chi connectivity index (χ0v) is 8.81. The van der Waals surface area contributed by atoms with Crippen molar-refractivity contribution < 1.29 is 9.53 Å². The summed E-state index contributed by atoms with van der Waals surface area (Å²) in [5, 5.41) is 0. The van der Waals surface area contributed by atoms with Gasteiger partial charge >= 0.3 is 5.97 Å². The van der Waals surface area contributed by atoms with Gasteiger partial charge in [-0.1, -0.05) is 6.07 Å². The number of esters is 1. The van der Waals surface area contributed by atoms with E-state index in [2.05, 4.69) is 12.6 Å². The summed E-state index contributed by atoms with van der Waals surface area (Å²) in [6, 6.07) is 3.77. The smallest absolute Gasteiger partial charge is 0.308 e. The molecule has 1 aromatic rings. The molecule has 13 heavy (non-hydrogen) atoms. The molecular formula is C10H12O2S. The topological polar surface area (TPSA) is 26.3 Å². The van der Waals surface area contributed by atoms with Crippen molar-refractivity contribution in [3.8, 4) is 5.75 Å². The number of thiol groups is 1. The first-order chi connectivity index (χ1) is 6.02. The predicted molar refractivity (Wildman–Crippen MR) is 54.5 cm³/mol. The Balaban J connectivity index is 3.17. The van der Waals surface area contributed by atoms with E-state index >= 15 is 0 Å². The van der Waals surface area contributed by atoms with Gasteiger partial charge in [0.1, 0.15) is 5.75 Å². The van der Waals surface area contributed by atoms with E-state index in [-0.39, 0.29) is 5.97 Å². The summed E-state index contributed by atoms with van der Waals surface area (Å²) in [5.41, 5.74) is 1.85. The molecule has 1 aromatic carbocycles. The van der Waals surface area contributed by atoms with Crippen LogP contribution in [0, 0.1) is 13.8 Å². The lowest BCUT2D eigenvalue weighted by molar-refractivity contribution is -0.131. The number of carbonyl (C=O) groups is 1. The molecule has 0 bridgehead atoms. The van der Waals surface area contributed by atoms with Gasteiger partial charge in [0.05, 0.1) is 0 Å². The van der Waals surface area contributed by atoms with Crippen LogP contribution in [0.15, 0.2) is 17.0 Å². The Kier molecular flexibility index (Phi) is 2.98. The molecule has 0 radical (unpaired) electrons. The van der Waals surface area contributed by atoms with E-state index in [1.807, 2.05) is 26.0 Å². The van der Waals surface area contributed by atoms with E-state index in [4.69, 9.17) is 4.74 Å². The number of carbonyl (C=O) groups excluding carboxylic acids is 1. The summed E-state index contributed by atoms with van der Waals surface area (Å²) < 4.78 is 5.07. The molecular weight excluding hydrogens is 184 g/mol. The normalized spacial score (nSPS) is 9.85. The average Bonchev–Trinajstić information content (AvgIpc) is 2.05. The fourth-order valence-corrected chi connectivity index (χ4v) is 1.29. The second-order valence-electron chi connectivity index (χ2n) is 2.95. The first-order valence-corrected chi connectivity index (χ1v) is 4.44. The van der Waals surface area contributed by atoms with Crippen LogP contribution >= 0.6 is 12.6 Å². The monoisotopic (exact) mass is 196 g/mol. The molecule has 0 aromatic heterocycles. The molecule has 0 atom stereocenters. The van der Waals surface area contributed by atoms with Gasteiger partial charge in [-0.05, 0) is 25.5 Å². The highest BCUT2D eigenvalue weighted by Crippen LogP contribution is 2.28. The van der Waals surface area contributed by atoms with Gasteiger partial charge in [-0.15, -0.1) is 12.6 Å². The van der Waals surface area contributed by atoms with Crippen molar-refractivity contribution in [1.82, 2.24) is 0 Å². The van der Waals surface area contributed by atoms with Gasteiger partial charge < -0.3 is 4.74 Å². The maximum absolute atomic E-state index is 10.8. The molecule has 3 heteroatoms. The molecule has 0 fully saturated rings. The van der Waals surface area contributed by atoms with Gasteiger partial charge in [0, 0.05) is 17.4 Å². The second kappa shape index (κ2) is 3.83. The zero-order valence-electron chi connectivity index (χ0n) is 7.92. The van der Waals surface area contributed by atoms with Crippen LogP contribution in [-0.2, 0) is 4.79 Å². The summed E-state index contributed by atoms with van der Waals surface area (Å²) >= 11 is 4.25. The van der Waals surface area contributed by atoms with Gasteiger partial charge in [0.15, 0.2) is 0 Å². The summed E-state index contributed by atoms with van der Waals surface area (Å²) in [4.78, 5) is 11.6. The molecule has 0 saturated heterocycles. The predicted octanol–water partition coefficient (Wildman–Crippen LogP) is 2.52. The van der Waals surface area contributed by atoms with Crippen molar-refractivity contribution in [2.75, 3.05) is 0 Å². The Bertz CT molecular complexity index is 345. The van der Waals surface area contributed by atoms with E-state index in [0.29, 0.717) is 5.75 Å². The van der Waals surface area contributed by atoms with Gasteiger partial charge in [-0.2, -0.15) is 0 Å². The van der Waals surface area contributed by atoms with Crippen LogP contribution in [0.2, 0.25) is 0 Å². The lowest BCUT2D eigenvalue weighted by Gasteiger charge is -2.10. The fraction of sp³-hybridized carbons (Fsp3) is 0.300. The highest BCUT2D eigenvalue weighted by atomic mass is 32.1. The molecule has 0 aliphatic rings. The van der Waals surface area contributed by atoms with Crippen LogP contribution in [0.3, 0.4) is 0 Å². The third kappa shape index (κ3) is 2.25. The quantitative estimate of drug-likeness (QED) is 0.424. The Morgan fingerprint density at radius 1 is 1.38 bits per heavy atom. The highest BCUT2D eigenvalue weighted by molar-refractivity contribution is 7.80. The number of benzene rings is 1. The minimum atomic E-state index is -0.301. The molecule has 0 aliphatic carbocycles. The van der Waals surface area contributed by atoms with Gasteiger partial charge in [-0.25, -0.2) is 0 Å². The van der Waals surface area contributed by atoms with E-state index in [1.54, 1.807) is 0 Å². The van der Waals surface area contributed by atoms with Gasteiger partial charge in [0.2, 0.25) is 0 Å². The largest absolute Gasteiger partial charge is 0.426 e. The SMILES string of the molecule is CC(=O)Oc1c(C)ccc(S)c1C. The molecule has 0 amide bonds. The van der Waals surface area contributed by atoms with E-state index in [1.165, 1.54) is 6.92 Å². The van der Waals surface area contributed by atoms with Crippen LogP contribution < -0.4 is 4.74 Å². The minimum absolute atomic E-state index is 0.301. The molecule has 0 saturated carbocycles. The molecule has 2 nitrogen and oxygen atoms in total. The Morgan fingerprint density at radius 3 is 2.54 bits per heavy atom. The number of hydrogen-bond donors (Lipinski definition) is 1. The Morgan fingerprint density at radius 2 is 2.00 bits per heavy atom. The van der Waals surface area contributed by atoms with Crippen molar-refractivity contribution in [1.29, 1.82) is 0 Å². The summed E-state index contributed by atoms with van der Waals surface area (Å²) in [6.45, 7) is 5.18. The van der Waals surface area contributed by atoms with Crippen molar-refractivity contribution in [2.24, 2.45) is 0 Å². The third-order valence-electron chi connectivity index (χ3n) is 1.82. The molecule has 0 heterocycles. The maximum Gasteiger partial charge on any atom is 0.308 e. The van der Waals surface area contributed by atoms with Crippen LogP contribution in [0.1, 0.15) is 18.1 Å². The van der Waals surface area contributed by atoms with Crippen molar-refractivity contribution in [3.63, 3.8) is 0 Å². The summed E-state index contributed by atoms with van der Waals surface area (Å²) in [5.74, 6) is 0.324. The maximum atomic E-state index is 10.8. The van der Waals surface area contributed by atoms with Crippen LogP contribution in [-0.4, -0.2) is 5.97 Å². The number of hydrogen-bond acceptors (Lipinski definition) is 3. The highest BCUT2D eigenvalue weighted by Gasteiger charge is 2.08. The lowest BCUT2D eigenvalue weighted by Crippen LogP contribution is -2.04. The second-order valence-corrected chi connectivity index (χ2v) is 3.43. The summed E-state index contributed by atoms with van der Waals surface area (Å²) in [6.07, 6.45) is 0. The average molecular weight is 196 g/mol. The molecule has 0 unspecified atom stereocenters. The number of aryl methyl sites for hydroxylation is 1. The first kappa shape index (κ1) is 10.1. The van der Waals surface area contributed by atoms with Crippen LogP contribution in [0.5, 0.6) is 5.75 Å². The van der Waals surface area contributed by atoms with E-state index < -0.39 is 0 Å². The van der Waals surface area contributed by atoms with Crippen LogP contribution in [0.4, 0.5) is 0 Å². The van der Waals surface area contributed by atoms with Gasteiger partial charge in [0.25, 0.3) is 0 Å². The van der Waals surface area contributed by atoms with Gasteiger partial charge in [-0.3, -0.25) is 4.79 Å². The third-order valence-corrected chi connectivity index (χ3v) is 2.30. The Hall–Kier alpha value is -0.960. The van der Waals surface area contributed by atoms with E-state index in [0.717, 1.165) is 16.0 Å². The summed E-state index contributed by atoms with van der Waals surface area (Å²) in [7, 11) is 0. The molecule has 0 aliphatic heterocycles.